The zero-order chi connectivity index (χ0) is 13.4. The van der Waals surface area contributed by atoms with Crippen LogP contribution in [0.15, 0.2) is 42.5 Å². The second-order valence-corrected chi connectivity index (χ2v) is 5.19. The van der Waals surface area contributed by atoms with Crippen LogP contribution in [0.25, 0.3) is 0 Å². The van der Waals surface area contributed by atoms with E-state index in [1.807, 2.05) is 29.2 Å². The summed E-state index contributed by atoms with van der Waals surface area (Å²) in [6, 6.07) is 14.2. The monoisotopic (exact) mass is 251 g/mol. The number of fused-ring (bicyclic) bond motifs is 1. The summed E-state index contributed by atoms with van der Waals surface area (Å²) < 4.78 is 0. The van der Waals surface area contributed by atoms with Crippen LogP contribution in [0.5, 0.6) is 0 Å². The van der Waals surface area contributed by atoms with E-state index in [0.29, 0.717) is 6.54 Å². The third-order valence-electron chi connectivity index (χ3n) is 3.89. The Morgan fingerprint density at radius 1 is 1.00 bits per heavy atom. The number of aryl methyl sites for hydroxylation is 2. The van der Waals surface area contributed by atoms with Gasteiger partial charge in [-0.2, -0.15) is 0 Å². The summed E-state index contributed by atoms with van der Waals surface area (Å²) in [4.78, 5) is 14.3. The first kappa shape index (κ1) is 12.0. The Morgan fingerprint density at radius 2 is 1.68 bits per heavy atom. The second kappa shape index (κ2) is 4.54. The number of hydrogen-bond donors (Lipinski definition) is 0. The zero-order valence-corrected chi connectivity index (χ0v) is 11.3. The topological polar surface area (TPSA) is 20.3 Å². The van der Waals surface area contributed by atoms with Gasteiger partial charge in [0.2, 0.25) is 0 Å². The number of carbonyl (C=O) groups excluding carboxylic acids is 1. The predicted molar refractivity (Wildman–Crippen MR) is 75.9 cm³/mol. The van der Waals surface area contributed by atoms with E-state index in [2.05, 4.69) is 32.0 Å². The first-order valence-electron chi connectivity index (χ1n) is 6.59. The molecule has 2 aromatic carbocycles. The quantitative estimate of drug-likeness (QED) is 0.800. The number of hydrogen-bond acceptors (Lipinski definition) is 1. The van der Waals surface area contributed by atoms with Crippen LogP contribution in [-0.2, 0) is 13.1 Å². The molecule has 0 atom stereocenters. The summed E-state index contributed by atoms with van der Waals surface area (Å²) in [5, 5.41) is 0. The largest absolute Gasteiger partial charge is 0.330 e. The van der Waals surface area contributed by atoms with Gasteiger partial charge >= 0.3 is 0 Å². The van der Waals surface area contributed by atoms with Gasteiger partial charge in [-0.15, -0.1) is 0 Å². The molecule has 0 fully saturated rings. The fraction of sp³-hybridized carbons (Fsp3) is 0.235. The van der Waals surface area contributed by atoms with Gasteiger partial charge in [0.15, 0.2) is 0 Å². The van der Waals surface area contributed by atoms with Crippen molar-refractivity contribution < 1.29 is 4.79 Å². The van der Waals surface area contributed by atoms with Crippen LogP contribution in [0.4, 0.5) is 0 Å². The van der Waals surface area contributed by atoms with Gasteiger partial charge in [-0.3, -0.25) is 4.79 Å². The van der Waals surface area contributed by atoms with Crippen molar-refractivity contribution in [2.75, 3.05) is 0 Å². The minimum atomic E-state index is 0.151. The average Bonchev–Trinajstić information content (AvgIpc) is 2.72. The number of amides is 1. The Kier molecular flexibility index (Phi) is 2.86. The van der Waals surface area contributed by atoms with Crippen molar-refractivity contribution in [1.29, 1.82) is 0 Å². The SMILES string of the molecule is Cc1cccc(C)c1CN1Cc2ccccc2C1=O. The number of benzene rings is 2. The summed E-state index contributed by atoms with van der Waals surface area (Å²) >= 11 is 0. The van der Waals surface area contributed by atoms with Crippen molar-refractivity contribution in [2.45, 2.75) is 26.9 Å². The molecule has 1 heterocycles. The molecule has 0 aromatic heterocycles. The van der Waals surface area contributed by atoms with Crippen molar-refractivity contribution >= 4 is 5.91 Å². The lowest BCUT2D eigenvalue weighted by molar-refractivity contribution is 0.0766. The maximum absolute atomic E-state index is 12.3. The molecule has 2 nitrogen and oxygen atoms in total. The van der Waals surface area contributed by atoms with E-state index < -0.39 is 0 Å². The normalized spacial score (nSPS) is 13.8. The van der Waals surface area contributed by atoms with Crippen molar-refractivity contribution in [3.63, 3.8) is 0 Å². The second-order valence-electron chi connectivity index (χ2n) is 5.19. The van der Waals surface area contributed by atoms with Crippen LogP contribution in [0.1, 0.15) is 32.6 Å². The smallest absolute Gasteiger partial charge is 0.254 e. The molecule has 19 heavy (non-hydrogen) atoms. The Bertz CT molecular complexity index is 625. The predicted octanol–water partition coefficient (Wildman–Crippen LogP) is 3.46. The Morgan fingerprint density at radius 3 is 2.37 bits per heavy atom. The minimum absolute atomic E-state index is 0.151. The molecule has 0 saturated carbocycles. The van der Waals surface area contributed by atoms with Crippen LogP contribution in [0, 0.1) is 13.8 Å². The van der Waals surface area contributed by atoms with E-state index >= 15 is 0 Å². The van der Waals surface area contributed by atoms with Gasteiger partial charge in [0.05, 0.1) is 0 Å². The fourth-order valence-electron chi connectivity index (χ4n) is 2.73. The zero-order valence-electron chi connectivity index (χ0n) is 11.3. The van der Waals surface area contributed by atoms with Crippen molar-refractivity contribution in [3.05, 3.63) is 70.3 Å². The van der Waals surface area contributed by atoms with Crippen LogP contribution < -0.4 is 0 Å². The average molecular weight is 251 g/mol. The maximum atomic E-state index is 12.3. The van der Waals surface area contributed by atoms with Crippen LogP contribution in [0.3, 0.4) is 0 Å². The molecular formula is C17H17NO. The van der Waals surface area contributed by atoms with E-state index in [9.17, 15) is 4.79 Å². The molecule has 1 amide bonds. The highest BCUT2D eigenvalue weighted by Crippen LogP contribution is 2.25. The summed E-state index contributed by atoms with van der Waals surface area (Å²) in [7, 11) is 0. The van der Waals surface area contributed by atoms with E-state index in [1.165, 1.54) is 16.7 Å². The standard InChI is InChI=1S/C17H17NO/c1-12-6-5-7-13(2)16(12)11-18-10-14-8-3-4-9-15(14)17(18)19/h3-9H,10-11H2,1-2H3. The summed E-state index contributed by atoms with van der Waals surface area (Å²) in [6.07, 6.45) is 0. The third kappa shape index (κ3) is 2.03. The van der Waals surface area contributed by atoms with Gasteiger partial charge in [-0.25, -0.2) is 0 Å². The van der Waals surface area contributed by atoms with Crippen LogP contribution in [0.2, 0.25) is 0 Å². The Balaban J connectivity index is 1.89. The van der Waals surface area contributed by atoms with E-state index in [1.54, 1.807) is 0 Å². The lowest BCUT2D eigenvalue weighted by Crippen LogP contribution is -2.24. The number of rotatable bonds is 2. The van der Waals surface area contributed by atoms with Crippen LogP contribution >= 0.6 is 0 Å². The van der Waals surface area contributed by atoms with E-state index in [4.69, 9.17) is 0 Å². The van der Waals surface area contributed by atoms with Gasteiger partial charge in [0, 0.05) is 18.7 Å². The van der Waals surface area contributed by atoms with Crippen LogP contribution in [-0.4, -0.2) is 10.8 Å². The minimum Gasteiger partial charge on any atom is -0.330 e. The van der Waals surface area contributed by atoms with E-state index in [0.717, 1.165) is 17.7 Å². The van der Waals surface area contributed by atoms with Gasteiger partial charge in [0.25, 0.3) is 5.91 Å². The maximum Gasteiger partial charge on any atom is 0.254 e. The molecule has 1 aliphatic rings. The number of carbonyl (C=O) groups is 1. The lowest BCUT2D eigenvalue weighted by atomic mass is 10.0. The third-order valence-corrected chi connectivity index (χ3v) is 3.89. The summed E-state index contributed by atoms with van der Waals surface area (Å²) in [6.45, 7) is 5.64. The van der Waals surface area contributed by atoms with Gasteiger partial charge in [-0.05, 0) is 42.2 Å². The van der Waals surface area contributed by atoms with Gasteiger partial charge < -0.3 is 4.90 Å². The highest BCUT2D eigenvalue weighted by Gasteiger charge is 2.27. The summed E-state index contributed by atoms with van der Waals surface area (Å²) in [5.74, 6) is 0.151. The Labute approximate surface area is 113 Å². The van der Waals surface area contributed by atoms with Crippen molar-refractivity contribution in [1.82, 2.24) is 4.90 Å². The van der Waals surface area contributed by atoms with Crippen molar-refractivity contribution in [3.8, 4) is 0 Å². The molecule has 0 saturated heterocycles. The molecule has 0 aliphatic carbocycles. The van der Waals surface area contributed by atoms with E-state index in [-0.39, 0.29) is 5.91 Å². The molecule has 3 rings (SSSR count). The first-order chi connectivity index (χ1) is 9.16. The molecule has 0 unspecified atom stereocenters. The van der Waals surface area contributed by atoms with Gasteiger partial charge in [-0.1, -0.05) is 36.4 Å². The molecular weight excluding hydrogens is 234 g/mol. The van der Waals surface area contributed by atoms with Gasteiger partial charge in [0.1, 0.15) is 0 Å². The number of nitrogens with zero attached hydrogens (tertiary/aromatic N) is 1. The molecule has 0 N–H and O–H groups in total. The first-order valence-corrected chi connectivity index (χ1v) is 6.59. The molecule has 2 heteroatoms. The Hall–Kier alpha value is -2.09. The fourth-order valence-corrected chi connectivity index (χ4v) is 2.73. The van der Waals surface area contributed by atoms with Crippen molar-refractivity contribution in [2.24, 2.45) is 0 Å². The molecule has 96 valence electrons. The molecule has 2 aromatic rings. The highest BCUT2D eigenvalue weighted by molar-refractivity contribution is 5.98. The highest BCUT2D eigenvalue weighted by atomic mass is 16.2. The lowest BCUT2D eigenvalue weighted by Gasteiger charge is -2.19. The molecule has 0 radical (unpaired) electrons. The molecule has 0 spiro atoms. The molecule has 0 bridgehead atoms. The molecule has 1 aliphatic heterocycles. The summed E-state index contributed by atoms with van der Waals surface area (Å²) in [5.41, 5.74) is 5.77.